The second-order valence-electron chi connectivity index (χ2n) is 14.6. The van der Waals surface area contributed by atoms with Gasteiger partial charge in [0.1, 0.15) is 24.2 Å². The number of hydrogen-bond acceptors (Lipinski definition) is 14. The van der Waals surface area contributed by atoms with Crippen LogP contribution in [0.15, 0.2) is 72.8 Å². The third kappa shape index (κ3) is 13.9. The van der Waals surface area contributed by atoms with Crippen LogP contribution in [0.3, 0.4) is 0 Å². The number of likely N-dealkylation sites (tertiary alicyclic amines) is 2. The molecule has 2 saturated heterocycles. The molecule has 4 rings (SSSR count). The highest BCUT2D eigenvalue weighted by atomic mass is 16.6. The molecule has 2 N–H and O–H groups in total. The fourth-order valence-electron chi connectivity index (χ4n) is 7.27. The van der Waals surface area contributed by atoms with Gasteiger partial charge in [-0.2, -0.15) is 0 Å². The molecule has 0 radical (unpaired) electrons. The summed E-state index contributed by atoms with van der Waals surface area (Å²) in [6.45, 7) is 7.29. The third-order valence-corrected chi connectivity index (χ3v) is 10.3. The Morgan fingerprint density at radius 1 is 0.617 bits per heavy atom. The highest BCUT2D eigenvalue weighted by Gasteiger charge is 2.40. The Balaban J connectivity index is 1.27. The number of ether oxygens (including phenoxy) is 4. The second kappa shape index (κ2) is 23.7. The maximum absolute atomic E-state index is 13.5. The number of nitrogens with zero attached hydrogens (tertiary/aromatic N) is 2. The molecule has 2 heterocycles. The Kier molecular flexibility index (Phi) is 18.6. The summed E-state index contributed by atoms with van der Waals surface area (Å²) in [7, 11) is 0. The van der Waals surface area contributed by atoms with E-state index in [0.717, 1.165) is 11.1 Å². The highest BCUT2D eigenvalue weighted by Crippen LogP contribution is 2.22. The molecule has 2 amide bonds. The van der Waals surface area contributed by atoms with Crippen molar-refractivity contribution in [3.63, 3.8) is 0 Å². The van der Waals surface area contributed by atoms with Crippen LogP contribution in [0.1, 0.15) is 77.3 Å². The second-order valence-corrected chi connectivity index (χ2v) is 14.6. The Bertz CT molecular complexity index is 1710. The molecule has 6 atom stereocenters. The van der Waals surface area contributed by atoms with E-state index in [9.17, 15) is 38.4 Å². The van der Waals surface area contributed by atoms with Gasteiger partial charge in [-0.25, -0.2) is 19.2 Å². The van der Waals surface area contributed by atoms with Gasteiger partial charge in [0.25, 0.3) is 0 Å². The molecule has 2 aliphatic rings. The molecule has 16 nitrogen and oxygen atoms in total. The van der Waals surface area contributed by atoms with Crippen LogP contribution in [0.4, 0.5) is 0 Å². The van der Waals surface area contributed by atoms with E-state index in [1.165, 1.54) is 9.80 Å². The summed E-state index contributed by atoms with van der Waals surface area (Å²) in [6, 6.07) is 13.6. The van der Waals surface area contributed by atoms with Gasteiger partial charge in [0.2, 0.25) is 11.8 Å². The van der Waals surface area contributed by atoms with Gasteiger partial charge in [-0.3, -0.25) is 29.8 Å². The van der Waals surface area contributed by atoms with E-state index in [0.29, 0.717) is 50.7 Å². The quantitative estimate of drug-likeness (QED) is 0.0853. The molecule has 2 fully saturated rings. The Morgan fingerprint density at radius 3 is 1.33 bits per heavy atom. The van der Waals surface area contributed by atoms with E-state index < -0.39 is 83.9 Å². The van der Waals surface area contributed by atoms with Crippen molar-refractivity contribution < 1.29 is 57.3 Å². The smallest absolute Gasteiger partial charge is 0.338 e. The number of hydrogen-bond donors (Lipinski definition) is 2. The van der Waals surface area contributed by atoms with Crippen LogP contribution in [0.25, 0.3) is 0 Å². The first-order valence-electron chi connectivity index (χ1n) is 20.6. The van der Waals surface area contributed by atoms with E-state index in [4.69, 9.17) is 18.9 Å². The monoisotopic (exact) mass is 832 g/mol. The van der Waals surface area contributed by atoms with E-state index >= 15 is 0 Å². The van der Waals surface area contributed by atoms with Crippen LogP contribution in [0, 0.1) is 0 Å². The summed E-state index contributed by atoms with van der Waals surface area (Å²) in [5, 5.41) is 6.08. The first-order chi connectivity index (χ1) is 28.8. The van der Waals surface area contributed by atoms with Gasteiger partial charge < -0.3 is 28.7 Å². The fourth-order valence-corrected chi connectivity index (χ4v) is 7.27. The molecular formula is C44H56N4O12. The SMILES string of the molecule is CCOC(=O)C(CCc1ccccc1)N[C@@H](C)C(=O)N1CCC[C@H]1C(=O)OC(=O)/C=C\C(=O)OC(=O)[C@@H]1CCCN1C(=O)[C@H](C)NC(CCc1ccccc1)C(=O)OCC. The molecular weight excluding hydrogens is 776 g/mol. The van der Waals surface area contributed by atoms with Crippen molar-refractivity contribution in [1.82, 2.24) is 20.4 Å². The Morgan fingerprint density at radius 2 is 0.983 bits per heavy atom. The van der Waals surface area contributed by atoms with Crippen molar-refractivity contribution >= 4 is 47.6 Å². The van der Waals surface area contributed by atoms with Gasteiger partial charge in [0, 0.05) is 25.2 Å². The van der Waals surface area contributed by atoms with Crippen LogP contribution in [-0.2, 0) is 70.1 Å². The molecule has 0 aromatic heterocycles. The van der Waals surface area contributed by atoms with Crippen molar-refractivity contribution in [2.24, 2.45) is 0 Å². The molecule has 2 unspecified atom stereocenters. The number of aryl methyl sites for hydroxylation is 2. The van der Waals surface area contributed by atoms with Crippen LogP contribution in [-0.4, -0.2) is 120 Å². The topological polar surface area (TPSA) is 204 Å². The summed E-state index contributed by atoms with van der Waals surface area (Å²) in [4.78, 5) is 106. The van der Waals surface area contributed by atoms with Crippen molar-refractivity contribution in [3.05, 3.63) is 83.9 Å². The maximum Gasteiger partial charge on any atom is 0.338 e. The lowest BCUT2D eigenvalue weighted by molar-refractivity contribution is -0.164. The molecule has 2 aromatic rings. The lowest BCUT2D eigenvalue weighted by Gasteiger charge is -2.28. The summed E-state index contributed by atoms with van der Waals surface area (Å²) >= 11 is 0. The molecule has 0 aliphatic carbocycles. The Hall–Kier alpha value is -5.74. The average Bonchev–Trinajstić information content (AvgIpc) is 3.95. The number of rotatable bonds is 20. The molecule has 60 heavy (non-hydrogen) atoms. The Labute approximate surface area is 350 Å². The normalized spacial score (nSPS) is 18.3. The van der Waals surface area contributed by atoms with Crippen molar-refractivity contribution in [3.8, 4) is 0 Å². The van der Waals surface area contributed by atoms with Crippen LogP contribution < -0.4 is 10.6 Å². The minimum Gasteiger partial charge on any atom is -0.465 e. The minimum absolute atomic E-state index is 0.163. The zero-order valence-electron chi connectivity index (χ0n) is 34.7. The van der Waals surface area contributed by atoms with E-state index in [1.807, 2.05) is 60.7 Å². The molecule has 2 aromatic carbocycles. The van der Waals surface area contributed by atoms with Gasteiger partial charge in [-0.1, -0.05) is 60.7 Å². The third-order valence-electron chi connectivity index (χ3n) is 10.3. The molecule has 324 valence electrons. The zero-order chi connectivity index (χ0) is 43.6. The predicted molar refractivity (Wildman–Crippen MR) is 216 cm³/mol. The predicted octanol–water partition coefficient (Wildman–Crippen LogP) is 2.75. The molecule has 0 bridgehead atoms. The fraction of sp³-hybridized carbons (Fsp3) is 0.500. The number of amides is 2. The molecule has 2 aliphatic heterocycles. The largest absolute Gasteiger partial charge is 0.465 e. The van der Waals surface area contributed by atoms with Crippen molar-refractivity contribution in [2.45, 2.75) is 115 Å². The number of carbonyl (C=O) groups is 8. The van der Waals surface area contributed by atoms with Gasteiger partial charge in [0.15, 0.2) is 0 Å². The lowest BCUT2D eigenvalue weighted by Crippen LogP contribution is -2.53. The van der Waals surface area contributed by atoms with E-state index in [-0.39, 0.29) is 39.1 Å². The van der Waals surface area contributed by atoms with Crippen LogP contribution >= 0.6 is 0 Å². The average molecular weight is 833 g/mol. The standard InChI is InChI=1S/C44H56N4O12/c1-5-57-41(53)33(23-21-31-15-9-7-10-16-31)45-29(3)39(51)47-27-13-19-35(47)43(55)59-37(49)25-26-38(50)60-44(56)36-20-14-28-48(36)40(52)30(4)46-34(42(54)58-6-2)24-22-32-17-11-8-12-18-32/h7-12,15-18,25-26,29-30,33-36,45-46H,5-6,13-14,19-24,27-28H2,1-4H3/b26-25-/t29-,30-,33?,34?,35-,36-/m0/s1. The first-order valence-corrected chi connectivity index (χ1v) is 20.6. The maximum atomic E-state index is 13.5. The first kappa shape index (κ1) is 46.9. The molecule has 0 saturated carbocycles. The van der Waals surface area contributed by atoms with Crippen LogP contribution in [0.5, 0.6) is 0 Å². The summed E-state index contributed by atoms with van der Waals surface area (Å²) < 4.78 is 20.3. The molecule has 0 spiro atoms. The summed E-state index contributed by atoms with van der Waals surface area (Å²) in [5.41, 5.74) is 2.02. The lowest BCUT2D eigenvalue weighted by atomic mass is 10.0. The summed E-state index contributed by atoms with van der Waals surface area (Å²) in [5.74, 6) is -6.42. The van der Waals surface area contributed by atoms with Crippen molar-refractivity contribution in [2.75, 3.05) is 26.3 Å². The molecule has 16 heteroatoms. The van der Waals surface area contributed by atoms with Crippen molar-refractivity contribution in [1.29, 1.82) is 0 Å². The van der Waals surface area contributed by atoms with Crippen LogP contribution in [0.2, 0.25) is 0 Å². The summed E-state index contributed by atoms with van der Waals surface area (Å²) in [6.07, 6.45) is 4.47. The number of nitrogens with one attached hydrogen (secondary N) is 2. The van der Waals surface area contributed by atoms with Gasteiger partial charge in [-0.05, 0) is 90.2 Å². The van der Waals surface area contributed by atoms with Gasteiger partial charge in [0.05, 0.1) is 25.3 Å². The highest BCUT2D eigenvalue weighted by molar-refractivity contribution is 6.01. The van der Waals surface area contributed by atoms with Gasteiger partial charge in [-0.15, -0.1) is 0 Å². The number of esters is 6. The minimum atomic E-state index is -1.22. The van der Waals surface area contributed by atoms with E-state index in [1.54, 1.807) is 27.7 Å². The zero-order valence-corrected chi connectivity index (χ0v) is 34.7. The van der Waals surface area contributed by atoms with Gasteiger partial charge >= 0.3 is 35.8 Å². The number of benzene rings is 2. The number of carbonyl (C=O) groups excluding carboxylic acids is 8. The van der Waals surface area contributed by atoms with E-state index in [2.05, 4.69) is 10.6 Å².